The van der Waals surface area contributed by atoms with Gasteiger partial charge < -0.3 is 15.5 Å². The summed E-state index contributed by atoms with van der Waals surface area (Å²) >= 11 is 0.819. The number of likely N-dealkylation sites (tertiary alicyclic amines) is 1. The van der Waals surface area contributed by atoms with Crippen LogP contribution in [0.25, 0.3) is 10.4 Å². The largest absolute Gasteiger partial charge is 0.408 e. The molecule has 0 saturated carbocycles. The average Bonchev–Trinajstić information content (AvgIpc) is 3.39. The van der Waals surface area contributed by atoms with Gasteiger partial charge in [-0.1, -0.05) is 0 Å². The van der Waals surface area contributed by atoms with Crippen molar-refractivity contribution in [1.29, 1.82) is 0 Å². The standard InChI is InChI=1S/C24H28F5N5O4S2/c1-12-8-17(31-14(3)24(27,28)29)30-10-16(12)19-18(22(36)34-11-23(25,26)9-13(34)2)33-21(39-19)20(35)32-15-4-6-40(37,38)7-5-15/h8,10,13-15H,4-7,9,11H2,1-3H3,(H,30,31)(H,32,35)/t13-,14-/m0/s1. The quantitative estimate of drug-likeness (QED) is 0.474. The summed E-state index contributed by atoms with van der Waals surface area (Å²) in [6, 6.07) is -1.76. The Morgan fingerprint density at radius 1 is 1.23 bits per heavy atom. The maximum atomic E-state index is 14.1. The van der Waals surface area contributed by atoms with Crippen LogP contribution in [0.5, 0.6) is 0 Å². The number of pyridine rings is 1. The van der Waals surface area contributed by atoms with E-state index in [1.54, 1.807) is 6.92 Å². The van der Waals surface area contributed by atoms with Gasteiger partial charge in [0.25, 0.3) is 17.7 Å². The summed E-state index contributed by atoms with van der Waals surface area (Å²) in [6.07, 6.45) is -3.38. The number of alkyl halides is 5. The molecule has 0 spiro atoms. The van der Waals surface area contributed by atoms with E-state index < -0.39 is 64.8 Å². The van der Waals surface area contributed by atoms with Crippen LogP contribution < -0.4 is 10.6 Å². The molecule has 2 aromatic heterocycles. The number of rotatable bonds is 6. The molecule has 2 fully saturated rings. The summed E-state index contributed by atoms with van der Waals surface area (Å²) in [5.74, 6) is -4.79. The molecule has 2 aliphatic heterocycles. The summed E-state index contributed by atoms with van der Waals surface area (Å²) in [6.45, 7) is 3.16. The Bertz CT molecular complexity index is 1400. The fourth-order valence-corrected chi connectivity index (χ4v) is 7.15. The number of sulfone groups is 1. The second-order valence-corrected chi connectivity index (χ2v) is 13.5. The number of anilines is 1. The smallest absolute Gasteiger partial charge is 0.359 e. The first kappa shape index (κ1) is 30.1. The molecule has 2 N–H and O–H groups in total. The molecule has 2 saturated heterocycles. The fraction of sp³-hybridized carbons (Fsp3) is 0.583. The van der Waals surface area contributed by atoms with Crippen molar-refractivity contribution in [2.24, 2.45) is 0 Å². The maximum absolute atomic E-state index is 14.1. The van der Waals surface area contributed by atoms with Crippen LogP contribution in [0.1, 0.15) is 59.0 Å². The first-order valence-electron chi connectivity index (χ1n) is 12.5. The highest BCUT2D eigenvalue weighted by Crippen LogP contribution is 2.38. The van der Waals surface area contributed by atoms with Crippen LogP contribution in [-0.2, 0) is 9.84 Å². The number of halogens is 5. The number of hydrogen-bond donors (Lipinski definition) is 2. The van der Waals surface area contributed by atoms with Crippen molar-refractivity contribution >= 4 is 38.8 Å². The molecule has 0 radical (unpaired) electrons. The number of carbonyl (C=O) groups is 2. The van der Waals surface area contributed by atoms with Crippen molar-refractivity contribution in [2.75, 3.05) is 23.4 Å². The molecule has 40 heavy (non-hydrogen) atoms. The molecule has 16 heteroatoms. The van der Waals surface area contributed by atoms with Gasteiger partial charge in [-0.15, -0.1) is 11.3 Å². The molecule has 4 rings (SSSR count). The van der Waals surface area contributed by atoms with Crippen LogP contribution in [0.2, 0.25) is 0 Å². The highest BCUT2D eigenvalue weighted by atomic mass is 32.2. The number of aromatic nitrogens is 2. The molecule has 0 unspecified atom stereocenters. The molecule has 2 aromatic rings. The number of aryl methyl sites for hydroxylation is 1. The van der Waals surface area contributed by atoms with Gasteiger partial charge in [0.2, 0.25) is 0 Å². The zero-order valence-corrected chi connectivity index (χ0v) is 23.4. The van der Waals surface area contributed by atoms with Crippen molar-refractivity contribution < 1.29 is 40.0 Å². The molecular formula is C24H28F5N5O4S2. The third-order valence-electron chi connectivity index (χ3n) is 6.91. The molecule has 2 aliphatic rings. The van der Waals surface area contributed by atoms with E-state index in [1.165, 1.54) is 19.2 Å². The first-order chi connectivity index (χ1) is 18.5. The van der Waals surface area contributed by atoms with E-state index in [1.807, 2.05) is 0 Å². The molecule has 9 nitrogen and oxygen atoms in total. The Kier molecular flexibility index (Phi) is 8.15. The van der Waals surface area contributed by atoms with Crippen LogP contribution in [0.15, 0.2) is 12.3 Å². The van der Waals surface area contributed by atoms with Crippen molar-refractivity contribution in [3.63, 3.8) is 0 Å². The van der Waals surface area contributed by atoms with Gasteiger partial charge in [0.15, 0.2) is 5.01 Å². The second-order valence-electron chi connectivity index (χ2n) is 10.2. The average molecular weight is 610 g/mol. The minimum Gasteiger partial charge on any atom is -0.359 e. The van der Waals surface area contributed by atoms with Gasteiger partial charge in [0, 0.05) is 30.3 Å². The van der Waals surface area contributed by atoms with Gasteiger partial charge >= 0.3 is 6.18 Å². The van der Waals surface area contributed by atoms with Crippen LogP contribution in [0.4, 0.5) is 27.8 Å². The van der Waals surface area contributed by atoms with E-state index in [-0.39, 0.29) is 45.7 Å². The highest BCUT2D eigenvalue weighted by Gasteiger charge is 2.46. The predicted molar refractivity (Wildman–Crippen MR) is 138 cm³/mol. The maximum Gasteiger partial charge on any atom is 0.408 e. The van der Waals surface area contributed by atoms with Gasteiger partial charge in [0.05, 0.1) is 22.9 Å². The lowest BCUT2D eigenvalue weighted by Crippen LogP contribution is -2.41. The van der Waals surface area contributed by atoms with Crippen LogP contribution >= 0.6 is 11.3 Å². The molecule has 4 heterocycles. The summed E-state index contributed by atoms with van der Waals surface area (Å²) in [4.78, 5) is 35.9. The lowest BCUT2D eigenvalue weighted by molar-refractivity contribution is -0.138. The van der Waals surface area contributed by atoms with Crippen LogP contribution in [0, 0.1) is 6.92 Å². The van der Waals surface area contributed by atoms with E-state index in [9.17, 15) is 40.0 Å². The third kappa shape index (κ3) is 6.70. The van der Waals surface area contributed by atoms with Gasteiger partial charge in [0.1, 0.15) is 27.4 Å². The van der Waals surface area contributed by atoms with Gasteiger partial charge in [-0.3, -0.25) is 9.59 Å². The van der Waals surface area contributed by atoms with Crippen molar-refractivity contribution in [3.05, 3.63) is 28.5 Å². The number of nitrogens with one attached hydrogen (secondary N) is 2. The SMILES string of the molecule is Cc1cc(N[C@@H](C)C(F)(F)F)ncc1-c1sc(C(=O)NC2CCS(=O)(=O)CC2)nc1C(=O)N1CC(F)(F)C[C@@H]1C. The zero-order valence-electron chi connectivity index (χ0n) is 21.8. The van der Waals surface area contributed by atoms with Crippen molar-refractivity contribution in [1.82, 2.24) is 20.2 Å². The van der Waals surface area contributed by atoms with Gasteiger partial charge in [-0.25, -0.2) is 27.2 Å². The Labute approximate surface area is 231 Å². The zero-order chi connectivity index (χ0) is 29.6. The third-order valence-corrected chi connectivity index (χ3v) is 9.72. The minimum absolute atomic E-state index is 0.0681. The molecule has 2 atom stereocenters. The highest BCUT2D eigenvalue weighted by molar-refractivity contribution is 7.91. The van der Waals surface area contributed by atoms with Crippen molar-refractivity contribution in [2.45, 2.75) is 70.3 Å². The number of hydrogen-bond acceptors (Lipinski definition) is 8. The monoisotopic (exact) mass is 609 g/mol. The van der Waals surface area contributed by atoms with E-state index in [4.69, 9.17) is 0 Å². The molecule has 220 valence electrons. The minimum atomic E-state index is -4.51. The Hall–Kier alpha value is -2.88. The van der Waals surface area contributed by atoms with Crippen LogP contribution in [0.3, 0.4) is 0 Å². The summed E-state index contributed by atoms with van der Waals surface area (Å²) in [5.41, 5.74) is 0.460. The van der Waals surface area contributed by atoms with E-state index >= 15 is 0 Å². The molecular weight excluding hydrogens is 581 g/mol. The normalized spacial score (nSPS) is 21.7. The number of nitrogens with zero attached hydrogens (tertiary/aromatic N) is 3. The number of amides is 2. The molecule has 0 aromatic carbocycles. The summed E-state index contributed by atoms with van der Waals surface area (Å²) < 4.78 is 90.5. The molecule has 0 aliphatic carbocycles. The number of carbonyl (C=O) groups excluding carboxylic acids is 2. The topological polar surface area (TPSA) is 121 Å². The summed E-state index contributed by atoms with van der Waals surface area (Å²) in [7, 11) is -3.16. The fourth-order valence-electron chi connectivity index (χ4n) is 4.62. The molecule has 0 bridgehead atoms. The first-order valence-corrected chi connectivity index (χ1v) is 15.1. The Morgan fingerprint density at radius 2 is 1.88 bits per heavy atom. The Balaban J connectivity index is 1.67. The lowest BCUT2D eigenvalue weighted by atomic mass is 10.1. The molecule has 2 amide bonds. The van der Waals surface area contributed by atoms with Crippen molar-refractivity contribution in [3.8, 4) is 10.4 Å². The second kappa shape index (κ2) is 10.8. The lowest BCUT2D eigenvalue weighted by Gasteiger charge is -2.22. The number of thiazole rings is 1. The van der Waals surface area contributed by atoms with Gasteiger partial charge in [-0.05, 0) is 45.2 Å². The van der Waals surface area contributed by atoms with Gasteiger partial charge in [-0.2, -0.15) is 13.2 Å². The summed E-state index contributed by atoms with van der Waals surface area (Å²) in [5, 5.41) is 4.84. The Morgan fingerprint density at radius 3 is 2.42 bits per heavy atom. The van der Waals surface area contributed by atoms with Crippen LogP contribution in [-0.4, -0.2) is 83.4 Å². The van der Waals surface area contributed by atoms with E-state index in [2.05, 4.69) is 20.6 Å². The van der Waals surface area contributed by atoms with E-state index in [0.717, 1.165) is 23.2 Å². The van der Waals surface area contributed by atoms with E-state index in [0.29, 0.717) is 11.1 Å². The predicted octanol–water partition coefficient (Wildman–Crippen LogP) is 4.05.